The minimum Gasteiger partial charge on any atom is -0.372 e. The van der Waals surface area contributed by atoms with Crippen molar-refractivity contribution < 1.29 is 8.42 Å². The Morgan fingerprint density at radius 3 is 2.31 bits per heavy atom. The van der Waals surface area contributed by atoms with E-state index in [1.807, 2.05) is 37.4 Å². The Kier molecular flexibility index (Phi) is 9.83. The number of hydrogen-bond donors (Lipinski definition) is 1. The van der Waals surface area contributed by atoms with Crippen LogP contribution < -0.4 is 10.3 Å². The molecule has 35 heavy (non-hydrogen) atoms. The summed E-state index contributed by atoms with van der Waals surface area (Å²) in [6.45, 7) is 11.2. The summed E-state index contributed by atoms with van der Waals surface area (Å²) >= 11 is 1.43. The average Bonchev–Trinajstić information content (AvgIpc) is 3.35. The normalized spacial score (nSPS) is 11.9. The molecule has 7 nitrogen and oxygen atoms in total. The highest BCUT2D eigenvalue weighted by Gasteiger charge is 2.23. The maximum atomic E-state index is 13.1. The molecule has 0 saturated carbocycles. The van der Waals surface area contributed by atoms with Crippen molar-refractivity contribution >= 4 is 38.4 Å². The monoisotopic (exact) mass is 513 g/mol. The molecule has 2 aromatic carbocycles. The summed E-state index contributed by atoms with van der Waals surface area (Å²) in [5, 5.41) is 6.85. The molecule has 0 unspecified atom stereocenters. The summed E-state index contributed by atoms with van der Waals surface area (Å²) in [7, 11) is -3.54. The van der Waals surface area contributed by atoms with E-state index in [0.717, 1.165) is 37.1 Å². The van der Waals surface area contributed by atoms with Crippen LogP contribution in [0.4, 0.5) is 10.8 Å². The van der Waals surface area contributed by atoms with E-state index in [9.17, 15) is 8.42 Å². The van der Waals surface area contributed by atoms with E-state index >= 15 is 0 Å². The fraction of sp³-hybridized carbons (Fsp3) is 0.385. The standard InChI is InChI=1S/C26H35N5O2S2/c1-5-16-31(17-6-2)35(32,33)24-11-9-10-22(18-24)25-20-34-26(28-25)29-27-19-21-12-14-23(15-13-21)30(7-3)8-4/h9-15,18-20H,5-8,16-17H2,1-4H3,(H,28,29). The van der Waals surface area contributed by atoms with Gasteiger partial charge in [0.25, 0.3) is 0 Å². The first kappa shape index (κ1) is 26.8. The first-order valence-electron chi connectivity index (χ1n) is 12.1. The Morgan fingerprint density at radius 2 is 1.69 bits per heavy atom. The van der Waals surface area contributed by atoms with Gasteiger partial charge in [-0.3, -0.25) is 5.43 Å². The predicted molar refractivity (Wildman–Crippen MR) is 148 cm³/mol. The molecular weight excluding hydrogens is 478 g/mol. The third-order valence-electron chi connectivity index (χ3n) is 5.61. The van der Waals surface area contributed by atoms with Crippen LogP contribution in [-0.2, 0) is 10.0 Å². The summed E-state index contributed by atoms with van der Waals surface area (Å²) in [6.07, 6.45) is 3.32. The van der Waals surface area contributed by atoms with E-state index in [1.54, 1.807) is 28.7 Å². The van der Waals surface area contributed by atoms with Crippen LogP contribution in [0, 0.1) is 0 Å². The van der Waals surface area contributed by atoms with Crippen molar-refractivity contribution in [3.63, 3.8) is 0 Å². The van der Waals surface area contributed by atoms with Crippen LogP contribution in [0.2, 0.25) is 0 Å². The summed E-state index contributed by atoms with van der Waals surface area (Å²) in [4.78, 5) is 7.18. The number of benzene rings is 2. The average molecular weight is 514 g/mol. The zero-order valence-corrected chi connectivity index (χ0v) is 22.6. The van der Waals surface area contributed by atoms with Crippen molar-refractivity contribution in [2.45, 2.75) is 45.4 Å². The zero-order chi connectivity index (χ0) is 25.3. The summed E-state index contributed by atoms with van der Waals surface area (Å²) in [5.41, 5.74) is 6.64. The van der Waals surface area contributed by atoms with E-state index in [0.29, 0.717) is 28.8 Å². The molecule has 0 fully saturated rings. The summed E-state index contributed by atoms with van der Waals surface area (Å²) < 4.78 is 27.8. The molecule has 1 N–H and O–H groups in total. The molecule has 188 valence electrons. The molecule has 0 saturated heterocycles. The quantitative estimate of drug-likeness (QED) is 0.227. The smallest absolute Gasteiger partial charge is 0.243 e. The molecule has 3 aromatic rings. The Bertz CT molecular complexity index is 1200. The minimum absolute atomic E-state index is 0.297. The van der Waals surface area contributed by atoms with Gasteiger partial charge in [-0.1, -0.05) is 38.1 Å². The lowest BCUT2D eigenvalue weighted by Gasteiger charge is -2.21. The fourth-order valence-corrected chi connectivity index (χ4v) is 6.13. The molecule has 1 heterocycles. The van der Waals surface area contributed by atoms with E-state index in [-0.39, 0.29) is 0 Å². The van der Waals surface area contributed by atoms with Crippen LogP contribution in [0.25, 0.3) is 11.3 Å². The Balaban J connectivity index is 1.70. The summed E-state index contributed by atoms with van der Waals surface area (Å²) in [6, 6.07) is 15.3. The number of nitrogens with zero attached hydrogens (tertiary/aromatic N) is 4. The van der Waals surface area contributed by atoms with Gasteiger partial charge in [0.2, 0.25) is 15.2 Å². The van der Waals surface area contributed by atoms with Crippen LogP contribution in [0.15, 0.2) is 63.9 Å². The Morgan fingerprint density at radius 1 is 1.00 bits per heavy atom. The number of hydrazone groups is 1. The lowest BCUT2D eigenvalue weighted by molar-refractivity contribution is 0.410. The molecule has 0 aliphatic carbocycles. The van der Waals surface area contributed by atoms with Gasteiger partial charge in [-0.25, -0.2) is 13.4 Å². The Hall–Kier alpha value is -2.75. The topological polar surface area (TPSA) is 77.9 Å². The van der Waals surface area contributed by atoms with Gasteiger partial charge in [-0.2, -0.15) is 9.41 Å². The van der Waals surface area contributed by atoms with Gasteiger partial charge in [0, 0.05) is 42.8 Å². The largest absolute Gasteiger partial charge is 0.372 e. The molecule has 1 aromatic heterocycles. The lowest BCUT2D eigenvalue weighted by Crippen LogP contribution is -2.32. The molecule has 0 amide bonds. The molecule has 0 spiro atoms. The van der Waals surface area contributed by atoms with Gasteiger partial charge in [-0.05, 0) is 56.5 Å². The number of rotatable bonds is 13. The summed E-state index contributed by atoms with van der Waals surface area (Å²) in [5.74, 6) is 0. The number of aromatic nitrogens is 1. The number of sulfonamides is 1. The lowest BCUT2D eigenvalue weighted by atomic mass is 10.2. The van der Waals surface area contributed by atoms with Crippen molar-refractivity contribution in [2.24, 2.45) is 5.10 Å². The minimum atomic E-state index is -3.54. The zero-order valence-electron chi connectivity index (χ0n) is 20.9. The third-order valence-corrected chi connectivity index (χ3v) is 8.25. The van der Waals surface area contributed by atoms with Crippen molar-refractivity contribution in [2.75, 3.05) is 36.5 Å². The maximum absolute atomic E-state index is 13.1. The highest BCUT2D eigenvalue weighted by Crippen LogP contribution is 2.28. The number of thiazole rings is 1. The van der Waals surface area contributed by atoms with Gasteiger partial charge < -0.3 is 4.90 Å². The molecular formula is C26H35N5O2S2. The van der Waals surface area contributed by atoms with Crippen molar-refractivity contribution in [1.29, 1.82) is 0 Å². The van der Waals surface area contributed by atoms with Crippen LogP contribution in [-0.4, -0.2) is 50.1 Å². The second-order valence-corrected chi connectivity index (χ2v) is 10.9. The van der Waals surface area contributed by atoms with Crippen LogP contribution in [0.3, 0.4) is 0 Å². The van der Waals surface area contributed by atoms with Crippen molar-refractivity contribution in [3.05, 3.63) is 59.5 Å². The molecule has 0 aliphatic rings. The number of nitrogens with one attached hydrogen (secondary N) is 1. The van der Waals surface area contributed by atoms with E-state index in [2.05, 4.69) is 46.4 Å². The Labute approximate surface area is 213 Å². The van der Waals surface area contributed by atoms with Crippen molar-refractivity contribution in [3.8, 4) is 11.3 Å². The molecule has 0 radical (unpaired) electrons. The van der Waals surface area contributed by atoms with Crippen LogP contribution in [0.5, 0.6) is 0 Å². The third kappa shape index (κ3) is 6.90. The predicted octanol–water partition coefficient (Wildman–Crippen LogP) is 5.91. The van der Waals surface area contributed by atoms with E-state index in [4.69, 9.17) is 0 Å². The van der Waals surface area contributed by atoms with E-state index in [1.165, 1.54) is 17.0 Å². The second kappa shape index (κ2) is 12.8. The molecule has 9 heteroatoms. The molecule has 0 bridgehead atoms. The first-order chi connectivity index (χ1) is 16.9. The second-order valence-electron chi connectivity index (χ2n) is 8.10. The van der Waals surface area contributed by atoms with Gasteiger partial charge >= 0.3 is 0 Å². The maximum Gasteiger partial charge on any atom is 0.243 e. The van der Waals surface area contributed by atoms with Crippen LogP contribution >= 0.6 is 11.3 Å². The van der Waals surface area contributed by atoms with Gasteiger partial charge in [0.15, 0.2) is 0 Å². The first-order valence-corrected chi connectivity index (χ1v) is 14.4. The molecule has 0 atom stereocenters. The number of anilines is 2. The highest BCUT2D eigenvalue weighted by molar-refractivity contribution is 7.89. The molecule has 0 aliphatic heterocycles. The van der Waals surface area contributed by atoms with Crippen LogP contribution in [0.1, 0.15) is 46.1 Å². The number of hydrogen-bond acceptors (Lipinski definition) is 7. The van der Waals surface area contributed by atoms with Gasteiger partial charge in [-0.15, -0.1) is 11.3 Å². The van der Waals surface area contributed by atoms with Crippen molar-refractivity contribution in [1.82, 2.24) is 9.29 Å². The van der Waals surface area contributed by atoms with Gasteiger partial charge in [0.05, 0.1) is 16.8 Å². The fourth-order valence-electron chi connectivity index (χ4n) is 3.80. The molecule has 3 rings (SSSR count). The highest BCUT2D eigenvalue weighted by atomic mass is 32.2. The van der Waals surface area contributed by atoms with E-state index < -0.39 is 10.0 Å². The van der Waals surface area contributed by atoms with Gasteiger partial charge in [0.1, 0.15) is 0 Å². The SMILES string of the molecule is CCCN(CCC)S(=O)(=O)c1cccc(-c2csc(NN=Cc3ccc(N(CC)CC)cc3)n2)c1.